The summed E-state index contributed by atoms with van der Waals surface area (Å²) in [5.41, 5.74) is 9.64. The molecule has 0 N–H and O–H groups in total. The van der Waals surface area contributed by atoms with Gasteiger partial charge in [0, 0.05) is 0 Å². The molecule has 1 atom stereocenters. The number of allylic oxidation sites excluding steroid dienone is 6. The molecule has 0 bridgehead atoms. The van der Waals surface area contributed by atoms with Crippen molar-refractivity contribution >= 4 is 58.6 Å². The van der Waals surface area contributed by atoms with Gasteiger partial charge in [-0.3, -0.25) is 0 Å². The maximum Gasteiger partial charge on any atom is -0.00259 e. The normalized spacial score (nSPS) is 13.4. The zero-order chi connectivity index (χ0) is 29.3. The highest BCUT2D eigenvalue weighted by atomic mass is 31.1. The summed E-state index contributed by atoms with van der Waals surface area (Å²) in [5, 5.41) is 9.00. The molecule has 43 heavy (non-hydrogen) atoms. The fourth-order valence-corrected chi connectivity index (χ4v) is 7.05. The molecule has 0 saturated heterocycles. The molecule has 0 saturated carbocycles. The summed E-state index contributed by atoms with van der Waals surface area (Å²) in [7, 11) is 0.798. The zero-order valence-corrected chi connectivity index (χ0v) is 25.4. The molecule has 0 aromatic heterocycles. The summed E-state index contributed by atoms with van der Waals surface area (Å²) < 4.78 is 0. The Morgan fingerprint density at radius 3 is 2.02 bits per heavy atom. The first-order chi connectivity index (χ1) is 21.2. The highest BCUT2D eigenvalue weighted by molar-refractivity contribution is 7.42. The maximum atomic E-state index is 4.10. The lowest BCUT2D eigenvalue weighted by molar-refractivity contribution is 1.37. The van der Waals surface area contributed by atoms with Crippen molar-refractivity contribution in [1.82, 2.24) is 0 Å². The highest BCUT2D eigenvalue weighted by Gasteiger charge is 2.18. The Kier molecular flexibility index (Phi) is 7.23. The first kappa shape index (κ1) is 27.1. The molecule has 0 aliphatic heterocycles. The molecule has 6 aromatic carbocycles. The van der Waals surface area contributed by atoms with Crippen LogP contribution < -0.4 is 0 Å². The predicted molar refractivity (Wildman–Crippen MR) is 194 cm³/mol. The number of fused-ring (bicyclic) bond motifs is 3. The molecule has 1 aliphatic carbocycles. The van der Waals surface area contributed by atoms with E-state index in [1.54, 1.807) is 0 Å². The molecule has 0 fully saturated rings. The lowest BCUT2D eigenvalue weighted by Crippen LogP contribution is -1.93. The van der Waals surface area contributed by atoms with E-state index >= 15 is 0 Å². The molecule has 1 aliphatic rings. The van der Waals surface area contributed by atoms with Gasteiger partial charge in [0.25, 0.3) is 0 Å². The second kappa shape index (κ2) is 11.5. The van der Waals surface area contributed by atoms with Gasteiger partial charge in [-0.05, 0) is 113 Å². The highest BCUT2D eigenvalue weighted by Crippen LogP contribution is 2.45. The summed E-state index contributed by atoms with van der Waals surface area (Å²) in [6, 6.07) is 38.1. The minimum Gasteiger partial charge on any atom is -0.0984 e. The Morgan fingerprint density at radius 1 is 0.605 bits per heavy atom. The van der Waals surface area contributed by atoms with Crippen LogP contribution in [0.3, 0.4) is 0 Å². The van der Waals surface area contributed by atoms with Gasteiger partial charge in [0.2, 0.25) is 0 Å². The molecule has 0 heterocycles. The van der Waals surface area contributed by atoms with E-state index in [2.05, 4.69) is 147 Å². The van der Waals surface area contributed by atoms with Crippen LogP contribution in [0.2, 0.25) is 0 Å². The Hall–Kier alpha value is -4.77. The van der Waals surface area contributed by atoms with Crippen molar-refractivity contribution in [3.05, 3.63) is 163 Å². The molecule has 0 nitrogen and oxygen atoms in total. The van der Waals surface area contributed by atoms with Crippen LogP contribution in [0.15, 0.2) is 146 Å². The van der Waals surface area contributed by atoms with Gasteiger partial charge in [0.15, 0.2) is 0 Å². The van der Waals surface area contributed by atoms with Crippen LogP contribution in [0.5, 0.6) is 0 Å². The molecular weight excluding hydrogens is 535 g/mol. The third-order valence-corrected chi connectivity index (χ3v) is 9.60. The summed E-state index contributed by atoms with van der Waals surface area (Å²) in [6.45, 7) is 10.4. The van der Waals surface area contributed by atoms with Crippen LogP contribution in [0.4, 0.5) is 0 Å². The Balaban J connectivity index is 1.60. The maximum absolute atomic E-state index is 4.10. The van der Waals surface area contributed by atoms with Gasteiger partial charge in [-0.25, -0.2) is 0 Å². The van der Waals surface area contributed by atoms with Crippen molar-refractivity contribution in [3.8, 4) is 22.3 Å². The fraction of sp³-hybridized carbons (Fsp3) is 0.0476. The topological polar surface area (TPSA) is 0 Å². The molecule has 1 unspecified atom stereocenters. The number of hydrogen-bond donors (Lipinski definition) is 0. The van der Waals surface area contributed by atoms with Crippen LogP contribution in [0, 0.1) is 0 Å². The minimum atomic E-state index is 0.798. The quantitative estimate of drug-likeness (QED) is 0.138. The van der Waals surface area contributed by atoms with Gasteiger partial charge < -0.3 is 0 Å². The minimum absolute atomic E-state index is 0.798. The zero-order valence-electron chi connectivity index (χ0n) is 24.4. The Bertz CT molecular complexity index is 2170. The number of benzene rings is 6. The van der Waals surface area contributed by atoms with E-state index < -0.39 is 0 Å². The van der Waals surface area contributed by atoms with Crippen LogP contribution in [0.25, 0.3) is 72.3 Å². The standard InChI is InChI=1S/C42H33P/c1-4-28-18-20-34(24-29(28)5-2)41-37-16-10-11-17-38(37)42(35-21-19-30-12-6-7-13-31(30)25-35)40-27-33(22-23-39(40)41)32-14-8-9-15-36(26-32)43-3/h4-14,16-27,43H,1-2,15H2,3H3. The molecule has 7 rings (SSSR count). The van der Waals surface area contributed by atoms with Crippen molar-refractivity contribution in [2.45, 2.75) is 6.42 Å². The summed E-state index contributed by atoms with van der Waals surface area (Å²) in [6.07, 6.45) is 14.0. The van der Waals surface area contributed by atoms with E-state index in [-0.39, 0.29) is 0 Å². The molecule has 206 valence electrons. The molecule has 1 heteroatoms. The average Bonchev–Trinajstić information content (AvgIpc) is 3.32. The van der Waals surface area contributed by atoms with Crippen LogP contribution in [-0.2, 0) is 0 Å². The number of rotatable bonds is 6. The molecule has 0 spiro atoms. The van der Waals surface area contributed by atoms with E-state index in [1.165, 1.54) is 71.0 Å². The van der Waals surface area contributed by atoms with Gasteiger partial charge in [-0.1, -0.05) is 143 Å². The second-order valence-corrected chi connectivity index (χ2v) is 12.2. The molecule has 0 amide bonds. The van der Waals surface area contributed by atoms with E-state index in [0.717, 1.165) is 26.1 Å². The van der Waals surface area contributed by atoms with E-state index in [0.29, 0.717) is 0 Å². The first-order valence-electron chi connectivity index (χ1n) is 14.8. The van der Waals surface area contributed by atoms with Gasteiger partial charge in [0.05, 0.1) is 0 Å². The fourth-order valence-electron chi connectivity index (χ4n) is 6.43. The van der Waals surface area contributed by atoms with Crippen LogP contribution in [-0.4, -0.2) is 6.66 Å². The van der Waals surface area contributed by atoms with E-state index in [9.17, 15) is 0 Å². The lowest BCUT2D eigenvalue weighted by atomic mass is 9.84. The van der Waals surface area contributed by atoms with E-state index in [4.69, 9.17) is 0 Å². The summed E-state index contributed by atoms with van der Waals surface area (Å²) in [5.74, 6) is 0. The second-order valence-electron chi connectivity index (χ2n) is 11.0. The third kappa shape index (κ3) is 4.89. The SMILES string of the molecule is C=Cc1ccc(-c2c3ccccc3c(-c3ccc4ccccc4c3)c3cc(C4=CC=CCC(PC)=C4)ccc23)cc1C=C. The average molecular weight is 569 g/mol. The first-order valence-corrected chi connectivity index (χ1v) is 16.3. The van der Waals surface area contributed by atoms with Crippen molar-refractivity contribution < 1.29 is 0 Å². The van der Waals surface area contributed by atoms with Crippen molar-refractivity contribution in [2.75, 3.05) is 6.66 Å². The van der Waals surface area contributed by atoms with E-state index in [1.807, 2.05) is 12.2 Å². The molecular formula is C42H33P. The summed E-state index contributed by atoms with van der Waals surface area (Å²) >= 11 is 0. The largest absolute Gasteiger partial charge is 0.0984 e. The predicted octanol–water partition coefficient (Wildman–Crippen LogP) is 12.3. The smallest absolute Gasteiger partial charge is 0.00259 e. The van der Waals surface area contributed by atoms with Crippen molar-refractivity contribution in [1.29, 1.82) is 0 Å². The molecule has 6 aromatic rings. The van der Waals surface area contributed by atoms with Gasteiger partial charge in [-0.2, -0.15) is 0 Å². The summed E-state index contributed by atoms with van der Waals surface area (Å²) in [4.78, 5) is 0. The van der Waals surface area contributed by atoms with Crippen LogP contribution >= 0.6 is 8.58 Å². The van der Waals surface area contributed by atoms with Gasteiger partial charge in [0.1, 0.15) is 0 Å². The van der Waals surface area contributed by atoms with Crippen molar-refractivity contribution in [2.24, 2.45) is 0 Å². The third-order valence-electron chi connectivity index (χ3n) is 8.61. The van der Waals surface area contributed by atoms with Crippen LogP contribution in [0.1, 0.15) is 23.1 Å². The lowest BCUT2D eigenvalue weighted by Gasteiger charge is -2.20. The Morgan fingerprint density at radius 2 is 1.26 bits per heavy atom. The monoisotopic (exact) mass is 568 g/mol. The van der Waals surface area contributed by atoms with Gasteiger partial charge >= 0.3 is 0 Å². The Labute approximate surface area is 255 Å². The van der Waals surface area contributed by atoms with Crippen molar-refractivity contribution in [3.63, 3.8) is 0 Å². The van der Waals surface area contributed by atoms with Gasteiger partial charge in [-0.15, -0.1) is 0 Å². The number of hydrogen-bond acceptors (Lipinski definition) is 0. The molecule has 0 radical (unpaired) electrons.